The summed E-state index contributed by atoms with van der Waals surface area (Å²) >= 11 is -2.09. The van der Waals surface area contributed by atoms with Crippen molar-refractivity contribution < 1.29 is 21.4 Å². The van der Waals surface area contributed by atoms with E-state index in [2.05, 4.69) is 4.18 Å². The SMILES string of the molecule is COS(=O)(=O)CC1(CCS(=O)[O-])CC1. The lowest BCUT2D eigenvalue weighted by atomic mass is 10.1. The lowest BCUT2D eigenvalue weighted by molar-refractivity contribution is 0.383. The fourth-order valence-corrected chi connectivity index (χ4v) is 3.28. The van der Waals surface area contributed by atoms with Gasteiger partial charge in [0.25, 0.3) is 10.1 Å². The molecule has 0 bridgehead atoms. The first kappa shape index (κ1) is 12.1. The van der Waals surface area contributed by atoms with Gasteiger partial charge in [-0.1, -0.05) is 11.1 Å². The van der Waals surface area contributed by atoms with E-state index in [0.717, 1.165) is 20.0 Å². The van der Waals surface area contributed by atoms with Crippen LogP contribution >= 0.6 is 0 Å². The van der Waals surface area contributed by atoms with Crippen molar-refractivity contribution in [2.45, 2.75) is 19.3 Å². The van der Waals surface area contributed by atoms with Gasteiger partial charge >= 0.3 is 0 Å². The van der Waals surface area contributed by atoms with Crippen molar-refractivity contribution >= 4 is 21.2 Å². The normalized spacial score (nSPS) is 21.9. The zero-order valence-electron chi connectivity index (χ0n) is 7.89. The first-order chi connectivity index (χ1) is 6.39. The largest absolute Gasteiger partial charge is 0.772 e. The minimum Gasteiger partial charge on any atom is -0.772 e. The minimum absolute atomic E-state index is 0.0270. The summed E-state index contributed by atoms with van der Waals surface area (Å²) in [6, 6.07) is 0. The molecule has 1 rings (SSSR count). The van der Waals surface area contributed by atoms with Gasteiger partial charge in [-0.05, 0) is 24.7 Å². The van der Waals surface area contributed by atoms with Gasteiger partial charge in [0, 0.05) is 5.75 Å². The predicted molar refractivity (Wildman–Crippen MR) is 50.9 cm³/mol. The average molecular weight is 241 g/mol. The molecule has 0 aromatic carbocycles. The van der Waals surface area contributed by atoms with Crippen LogP contribution in [0.25, 0.3) is 0 Å². The van der Waals surface area contributed by atoms with Crippen molar-refractivity contribution in [1.82, 2.24) is 0 Å². The van der Waals surface area contributed by atoms with E-state index in [0.29, 0.717) is 6.42 Å². The third kappa shape index (κ3) is 3.64. The Morgan fingerprint density at radius 3 is 2.43 bits per heavy atom. The topological polar surface area (TPSA) is 83.5 Å². The fourth-order valence-electron chi connectivity index (χ4n) is 1.38. The number of hydrogen-bond acceptors (Lipinski definition) is 5. The molecule has 7 heteroatoms. The second kappa shape index (κ2) is 4.26. The molecule has 1 unspecified atom stereocenters. The zero-order valence-corrected chi connectivity index (χ0v) is 9.53. The van der Waals surface area contributed by atoms with Crippen molar-refractivity contribution in [3.8, 4) is 0 Å². The zero-order chi connectivity index (χ0) is 10.8. The van der Waals surface area contributed by atoms with E-state index in [1.807, 2.05) is 0 Å². The Kier molecular flexibility index (Phi) is 3.68. The lowest BCUT2D eigenvalue weighted by Crippen LogP contribution is -2.20. The van der Waals surface area contributed by atoms with E-state index < -0.39 is 21.2 Å². The summed E-state index contributed by atoms with van der Waals surface area (Å²) in [4.78, 5) is 0. The first-order valence-corrected chi connectivity index (χ1v) is 7.05. The summed E-state index contributed by atoms with van der Waals surface area (Å²) in [6.07, 6.45) is 1.95. The highest BCUT2D eigenvalue weighted by atomic mass is 32.2. The van der Waals surface area contributed by atoms with Gasteiger partial charge in [0.15, 0.2) is 0 Å². The molecular formula is C7H13O5S2-. The molecule has 1 atom stereocenters. The lowest BCUT2D eigenvalue weighted by Gasteiger charge is -2.14. The molecule has 84 valence electrons. The van der Waals surface area contributed by atoms with Crippen LogP contribution in [-0.4, -0.2) is 35.8 Å². The van der Waals surface area contributed by atoms with E-state index in [1.54, 1.807) is 0 Å². The summed E-state index contributed by atoms with van der Waals surface area (Å²) in [5, 5.41) is 0. The molecule has 0 saturated heterocycles. The van der Waals surface area contributed by atoms with Gasteiger partial charge in [-0.3, -0.25) is 8.39 Å². The van der Waals surface area contributed by atoms with Crippen molar-refractivity contribution in [3.63, 3.8) is 0 Å². The van der Waals surface area contributed by atoms with Crippen LogP contribution in [0.15, 0.2) is 0 Å². The monoisotopic (exact) mass is 241 g/mol. The first-order valence-electron chi connectivity index (χ1n) is 4.23. The van der Waals surface area contributed by atoms with Crippen LogP contribution in [0.5, 0.6) is 0 Å². The molecule has 1 fully saturated rings. The maximum atomic E-state index is 11.1. The maximum Gasteiger partial charge on any atom is 0.267 e. The highest BCUT2D eigenvalue weighted by molar-refractivity contribution is 7.86. The van der Waals surface area contributed by atoms with Crippen LogP contribution in [0.4, 0.5) is 0 Å². The predicted octanol–water partition coefficient (Wildman–Crippen LogP) is 0.0120. The Bertz CT molecular complexity index is 317. The smallest absolute Gasteiger partial charge is 0.267 e. The van der Waals surface area contributed by atoms with Crippen LogP contribution < -0.4 is 0 Å². The summed E-state index contributed by atoms with van der Waals surface area (Å²) in [5.74, 6) is -0.0348. The molecule has 0 N–H and O–H groups in total. The van der Waals surface area contributed by atoms with Crippen LogP contribution in [0, 0.1) is 5.41 Å². The second-order valence-corrected chi connectivity index (χ2v) is 6.38. The van der Waals surface area contributed by atoms with Crippen LogP contribution in [0.1, 0.15) is 19.3 Å². The highest BCUT2D eigenvalue weighted by Crippen LogP contribution is 2.49. The molecule has 1 saturated carbocycles. The Labute approximate surface area is 86.2 Å². The Morgan fingerprint density at radius 2 is 2.07 bits per heavy atom. The van der Waals surface area contributed by atoms with Crippen LogP contribution in [-0.2, 0) is 25.4 Å². The van der Waals surface area contributed by atoms with Gasteiger partial charge < -0.3 is 4.55 Å². The minimum atomic E-state index is -3.46. The Morgan fingerprint density at radius 1 is 1.50 bits per heavy atom. The molecule has 0 spiro atoms. The van der Waals surface area contributed by atoms with E-state index in [1.165, 1.54) is 0 Å². The standard InChI is InChI=1S/C7H14O5S2/c1-12-14(10,11)6-7(2-3-7)4-5-13(8)9/h2-6H2,1H3,(H,8,9)/p-1. The second-order valence-electron chi connectivity index (χ2n) is 3.63. The van der Waals surface area contributed by atoms with Gasteiger partial charge in [0.2, 0.25) is 0 Å². The van der Waals surface area contributed by atoms with Crippen LogP contribution in [0.3, 0.4) is 0 Å². The molecule has 1 aliphatic rings. The van der Waals surface area contributed by atoms with E-state index in [4.69, 9.17) is 0 Å². The fraction of sp³-hybridized carbons (Fsp3) is 1.00. The van der Waals surface area contributed by atoms with Gasteiger partial charge in [-0.15, -0.1) is 0 Å². The highest BCUT2D eigenvalue weighted by Gasteiger charge is 2.45. The molecule has 0 aromatic rings. The Balaban J connectivity index is 2.47. The van der Waals surface area contributed by atoms with Gasteiger partial charge in [-0.2, -0.15) is 8.42 Å². The number of rotatable bonds is 6. The van der Waals surface area contributed by atoms with Gasteiger partial charge in [0.05, 0.1) is 12.9 Å². The molecular weight excluding hydrogens is 228 g/mol. The quantitative estimate of drug-likeness (QED) is 0.483. The van der Waals surface area contributed by atoms with Gasteiger partial charge in [0.1, 0.15) is 0 Å². The van der Waals surface area contributed by atoms with E-state index in [9.17, 15) is 17.2 Å². The molecule has 5 nitrogen and oxygen atoms in total. The molecule has 0 heterocycles. The number of hydrogen-bond donors (Lipinski definition) is 0. The van der Waals surface area contributed by atoms with Crippen LogP contribution in [0.2, 0.25) is 0 Å². The summed E-state index contributed by atoms with van der Waals surface area (Å²) in [5.41, 5.74) is -0.338. The molecule has 14 heavy (non-hydrogen) atoms. The molecule has 1 aliphatic carbocycles. The average Bonchev–Trinajstić information content (AvgIpc) is 2.82. The molecule has 0 aliphatic heterocycles. The molecule has 0 amide bonds. The maximum absolute atomic E-state index is 11.1. The van der Waals surface area contributed by atoms with E-state index in [-0.39, 0.29) is 16.9 Å². The molecule has 0 radical (unpaired) electrons. The van der Waals surface area contributed by atoms with Crippen molar-refractivity contribution in [1.29, 1.82) is 0 Å². The Hall–Kier alpha value is 0.0200. The summed E-state index contributed by atoms with van der Waals surface area (Å²) in [7, 11) is -2.34. The third-order valence-corrected chi connectivity index (χ3v) is 4.50. The van der Waals surface area contributed by atoms with E-state index >= 15 is 0 Å². The van der Waals surface area contributed by atoms with Crippen molar-refractivity contribution in [2.75, 3.05) is 18.6 Å². The third-order valence-electron chi connectivity index (χ3n) is 2.49. The van der Waals surface area contributed by atoms with Crippen molar-refractivity contribution in [2.24, 2.45) is 5.41 Å². The summed E-state index contributed by atoms with van der Waals surface area (Å²) < 4.78 is 47.2. The molecule has 0 aromatic heterocycles. The van der Waals surface area contributed by atoms with Gasteiger partial charge in [-0.25, -0.2) is 0 Å². The summed E-state index contributed by atoms with van der Waals surface area (Å²) in [6.45, 7) is 0. The van der Waals surface area contributed by atoms with Crippen molar-refractivity contribution in [3.05, 3.63) is 0 Å².